The van der Waals surface area contributed by atoms with Gasteiger partial charge in [-0.2, -0.15) is 18.4 Å². The Morgan fingerprint density at radius 3 is 2.68 bits per heavy atom. The molecule has 0 saturated carbocycles. The second-order valence-electron chi connectivity index (χ2n) is 4.16. The molecule has 0 unspecified atom stereocenters. The molecule has 0 bridgehead atoms. The van der Waals surface area contributed by atoms with Crippen molar-refractivity contribution in [2.24, 2.45) is 0 Å². The Balaban J connectivity index is 3.05. The van der Waals surface area contributed by atoms with Crippen molar-refractivity contribution in [1.82, 2.24) is 5.32 Å². The predicted molar refractivity (Wildman–Crippen MR) is 78.6 cm³/mol. The lowest BCUT2D eigenvalue weighted by atomic mass is 10.1. The molecule has 0 aliphatic heterocycles. The van der Waals surface area contributed by atoms with Gasteiger partial charge in [-0.05, 0) is 18.2 Å². The number of anilines is 1. The van der Waals surface area contributed by atoms with Crippen LogP contribution < -0.4 is 10.0 Å². The van der Waals surface area contributed by atoms with Crippen molar-refractivity contribution in [3.63, 3.8) is 0 Å². The highest BCUT2D eigenvalue weighted by Gasteiger charge is 2.31. The summed E-state index contributed by atoms with van der Waals surface area (Å²) in [7, 11) is 0. The zero-order valence-corrected chi connectivity index (χ0v) is 12.4. The Morgan fingerprint density at radius 1 is 1.45 bits per heavy atom. The van der Waals surface area contributed by atoms with Crippen LogP contribution in [0, 0.1) is 16.7 Å². The van der Waals surface area contributed by atoms with Crippen molar-refractivity contribution in [3.05, 3.63) is 29.3 Å². The van der Waals surface area contributed by atoms with E-state index in [1.165, 1.54) is 0 Å². The number of nitrogens with zero attached hydrogens (tertiary/aromatic N) is 1. The highest BCUT2D eigenvalue weighted by Crippen LogP contribution is 2.32. The van der Waals surface area contributed by atoms with E-state index in [-0.39, 0.29) is 29.9 Å². The summed E-state index contributed by atoms with van der Waals surface area (Å²) in [6.07, 6.45) is -2.85. The van der Waals surface area contributed by atoms with E-state index in [0.717, 1.165) is 30.1 Å². The van der Waals surface area contributed by atoms with Gasteiger partial charge in [0.15, 0.2) is 0 Å². The first kappa shape index (κ1) is 17.8. The van der Waals surface area contributed by atoms with Crippen molar-refractivity contribution in [1.29, 1.82) is 10.7 Å². The van der Waals surface area contributed by atoms with Crippen LogP contribution in [0.15, 0.2) is 18.2 Å². The van der Waals surface area contributed by atoms with E-state index >= 15 is 0 Å². The van der Waals surface area contributed by atoms with Gasteiger partial charge >= 0.3 is 6.18 Å². The number of alkyl halides is 3. The smallest absolute Gasteiger partial charge is 0.329 e. The number of rotatable bonds is 5. The molecule has 0 aliphatic carbocycles. The third kappa shape index (κ3) is 4.96. The molecule has 9 heteroatoms. The molecule has 0 aromatic heterocycles. The highest BCUT2D eigenvalue weighted by molar-refractivity contribution is 7.99. The molecule has 0 spiro atoms. The largest absolute Gasteiger partial charge is 0.416 e. The van der Waals surface area contributed by atoms with Crippen LogP contribution in [-0.4, -0.2) is 18.0 Å². The van der Waals surface area contributed by atoms with Gasteiger partial charge in [-0.1, -0.05) is 11.9 Å². The number of halogens is 3. The number of benzene rings is 1. The molecular weight excluding hydrogens is 317 g/mol. The average molecular weight is 330 g/mol. The standard InChI is InChI=1S/C13H13F3N4OS/c1-22-20-10-5-4-8(13(14,15)16)7-9(10)12(21)19-11(18)3-2-6-17/h4-5,7,20H,2-3H2,1H3,(H2,18,19,21). The summed E-state index contributed by atoms with van der Waals surface area (Å²) in [6, 6.07) is 4.57. The van der Waals surface area contributed by atoms with Crippen LogP contribution in [0.5, 0.6) is 0 Å². The van der Waals surface area contributed by atoms with E-state index in [1.54, 1.807) is 6.26 Å². The second kappa shape index (κ2) is 7.70. The van der Waals surface area contributed by atoms with E-state index in [1.807, 2.05) is 6.07 Å². The Kier molecular flexibility index (Phi) is 6.24. The molecule has 0 aliphatic rings. The van der Waals surface area contributed by atoms with Gasteiger partial charge in [-0.3, -0.25) is 10.2 Å². The van der Waals surface area contributed by atoms with Crippen molar-refractivity contribution in [2.45, 2.75) is 19.0 Å². The van der Waals surface area contributed by atoms with E-state index in [2.05, 4.69) is 10.0 Å². The first-order valence-corrected chi connectivity index (χ1v) is 7.28. The molecule has 5 nitrogen and oxygen atoms in total. The van der Waals surface area contributed by atoms with Crippen LogP contribution in [0.3, 0.4) is 0 Å². The fraction of sp³-hybridized carbons (Fsp3) is 0.308. The molecular formula is C13H13F3N4OS. The molecule has 1 aromatic carbocycles. The van der Waals surface area contributed by atoms with Crippen LogP contribution in [0.2, 0.25) is 0 Å². The third-order valence-electron chi connectivity index (χ3n) is 2.55. The van der Waals surface area contributed by atoms with Crippen molar-refractivity contribution in [3.8, 4) is 6.07 Å². The molecule has 118 valence electrons. The van der Waals surface area contributed by atoms with E-state index in [4.69, 9.17) is 10.7 Å². The summed E-state index contributed by atoms with van der Waals surface area (Å²) in [5.74, 6) is -1.05. The van der Waals surface area contributed by atoms with Crippen molar-refractivity contribution in [2.75, 3.05) is 11.0 Å². The Morgan fingerprint density at radius 2 is 2.14 bits per heavy atom. The topological polar surface area (TPSA) is 88.8 Å². The molecule has 0 atom stereocenters. The minimum atomic E-state index is -4.57. The summed E-state index contributed by atoms with van der Waals surface area (Å²) in [5.41, 5.74) is -0.954. The maximum Gasteiger partial charge on any atom is 0.416 e. The summed E-state index contributed by atoms with van der Waals surface area (Å²) in [6.45, 7) is 0. The lowest BCUT2D eigenvalue weighted by Gasteiger charge is -2.14. The summed E-state index contributed by atoms with van der Waals surface area (Å²) in [4.78, 5) is 12.0. The van der Waals surface area contributed by atoms with E-state index in [0.29, 0.717) is 0 Å². The first-order chi connectivity index (χ1) is 10.3. The van der Waals surface area contributed by atoms with Gasteiger partial charge in [0, 0.05) is 19.1 Å². The molecule has 1 aromatic rings. The number of hydrogen-bond acceptors (Lipinski definition) is 5. The number of carbonyl (C=O) groups is 1. The highest BCUT2D eigenvalue weighted by atomic mass is 32.2. The summed E-state index contributed by atoms with van der Waals surface area (Å²) >= 11 is 1.12. The molecule has 22 heavy (non-hydrogen) atoms. The second-order valence-corrected chi connectivity index (χ2v) is 4.77. The van der Waals surface area contributed by atoms with Crippen LogP contribution in [0.25, 0.3) is 0 Å². The number of nitriles is 1. The van der Waals surface area contributed by atoms with Crippen LogP contribution in [-0.2, 0) is 6.18 Å². The maximum atomic E-state index is 12.7. The SMILES string of the molecule is CSNc1ccc(C(F)(F)F)cc1C(=O)NC(=N)CCC#N. The molecule has 1 rings (SSSR count). The quantitative estimate of drug-likeness (QED) is 0.438. The van der Waals surface area contributed by atoms with Gasteiger partial charge in [0.25, 0.3) is 5.91 Å². The van der Waals surface area contributed by atoms with Crippen molar-refractivity contribution < 1.29 is 18.0 Å². The van der Waals surface area contributed by atoms with Crippen LogP contribution in [0.4, 0.5) is 18.9 Å². The minimum Gasteiger partial charge on any atom is -0.329 e. The Bertz CT molecular complexity index is 610. The molecule has 1 amide bonds. The summed E-state index contributed by atoms with van der Waals surface area (Å²) < 4.78 is 40.9. The van der Waals surface area contributed by atoms with Gasteiger partial charge in [0.2, 0.25) is 0 Å². The van der Waals surface area contributed by atoms with Gasteiger partial charge < -0.3 is 10.0 Å². The Hall–Kier alpha value is -2.21. The molecule has 0 saturated heterocycles. The van der Waals surface area contributed by atoms with Gasteiger partial charge in [-0.25, -0.2) is 0 Å². The van der Waals surface area contributed by atoms with Crippen LogP contribution >= 0.6 is 11.9 Å². The predicted octanol–water partition coefficient (Wildman–Crippen LogP) is 3.41. The molecule has 0 fully saturated rings. The third-order valence-corrected chi connectivity index (χ3v) is 2.98. The Labute approximate surface area is 129 Å². The number of amidine groups is 1. The average Bonchev–Trinajstić information content (AvgIpc) is 2.44. The number of amides is 1. The fourth-order valence-corrected chi connectivity index (χ4v) is 1.95. The van der Waals surface area contributed by atoms with Gasteiger partial charge in [-0.15, -0.1) is 0 Å². The van der Waals surface area contributed by atoms with Gasteiger partial charge in [0.1, 0.15) is 5.84 Å². The lowest BCUT2D eigenvalue weighted by Crippen LogP contribution is -2.30. The van der Waals surface area contributed by atoms with Crippen molar-refractivity contribution >= 4 is 29.4 Å². The number of nitrogens with one attached hydrogen (secondary N) is 3. The first-order valence-electron chi connectivity index (χ1n) is 6.05. The summed E-state index contributed by atoms with van der Waals surface area (Å²) in [5, 5.41) is 18.1. The normalized spacial score (nSPS) is 10.7. The van der Waals surface area contributed by atoms with Gasteiger partial charge in [0.05, 0.1) is 22.9 Å². The monoisotopic (exact) mass is 330 g/mol. The maximum absolute atomic E-state index is 12.7. The zero-order valence-electron chi connectivity index (χ0n) is 11.5. The fourth-order valence-electron chi connectivity index (χ4n) is 1.56. The molecule has 3 N–H and O–H groups in total. The number of hydrogen-bond donors (Lipinski definition) is 3. The van der Waals surface area contributed by atoms with Crippen LogP contribution in [0.1, 0.15) is 28.8 Å². The molecule has 0 radical (unpaired) electrons. The zero-order chi connectivity index (χ0) is 16.8. The number of carbonyl (C=O) groups excluding carboxylic acids is 1. The van der Waals surface area contributed by atoms with E-state index < -0.39 is 17.6 Å². The van der Waals surface area contributed by atoms with E-state index in [9.17, 15) is 18.0 Å². The lowest BCUT2D eigenvalue weighted by molar-refractivity contribution is -0.137. The minimum absolute atomic E-state index is 0.0203. The molecule has 0 heterocycles.